The summed E-state index contributed by atoms with van der Waals surface area (Å²) in [5.41, 5.74) is -1.35. The van der Waals surface area contributed by atoms with Gasteiger partial charge in [-0.15, -0.1) is 0 Å². The molecule has 2 saturated heterocycles. The lowest BCUT2D eigenvalue weighted by Gasteiger charge is -2.47. The number of aliphatic hydroxyl groups excluding tert-OH is 2. The van der Waals surface area contributed by atoms with Crippen LogP contribution in [-0.4, -0.2) is 78.4 Å². The van der Waals surface area contributed by atoms with E-state index in [9.17, 15) is 19.5 Å². The summed E-state index contributed by atoms with van der Waals surface area (Å²) in [5, 5.41) is 26.0. The molecule has 9 nitrogen and oxygen atoms in total. The van der Waals surface area contributed by atoms with Crippen molar-refractivity contribution in [3.8, 4) is 0 Å². The number of rotatable bonds is 11. The second-order valence-electron chi connectivity index (χ2n) is 7.28. The number of imide groups is 2. The van der Waals surface area contributed by atoms with Crippen LogP contribution in [0.3, 0.4) is 0 Å². The minimum Gasteiger partial charge on any atom is -0.396 e. The lowest BCUT2D eigenvalue weighted by Crippen LogP contribution is -2.72. The summed E-state index contributed by atoms with van der Waals surface area (Å²) in [6.45, 7) is 2.32. The van der Waals surface area contributed by atoms with E-state index in [1.54, 1.807) is 0 Å². The number of β-amino-alcohol motifs (C(OH)–C–C–N with tert-alkyl or cyclic N) is 1. The van der Waals surface area contributed by atoms with Crippen LogP contribution < -0.4 is 16.0 Å². The molecule has 0 aromatic heterocycles. The number of carbonyl (C=O) groups is 3. The smallest absolute Gasteiger partial charge is 0.328 e. The summed E-state index contributed by atoms with van der Waals surface area (Å²) in [6.07, 6.45) is 5.66. The Morgan fingerprint density at radius 2 is 1.56 bits per heavy atom. The maximum atomic E-state index is 12.9. The van der Waals surface area contributed by atoms with E-state index in [-0.39, 0.29) is 13.2 Å². The monoisotopic (exact) mass is 384 g/mol. The summed E-state index contributed by atoms with van der Waals surface area (Å²) in [4.78, 5) is 39.3. The second kappa shape index (κ2) is 10.7. The highest BCUT2D eigenvalue weighted by molar-refractivity contribution is 6.19. The number of hydrogen-bond donors (Lipinski definition) is 5. The van der Waals surface area contributed by atoms with E-state index in [4.69, 9.17) is 5.11 Å². The number of nitrogens with one attached hydrogen (secondary N) is 3. The second-order valence-corrected chi connectivity index (χ2v) is 7.28. The van der Waals surface area contributed by atoms with Crippen molar-refractivity contribution < 1.29 is 24.6 Å². The van der Waals surface area contributed by atoms with Crippen molar-refractivity contribution in [1.82, 2.24) is 20.9 Å². The zero-order chi connectivity index (χ0) is 19.7. The Hall–Kier alpha value is -1.55. The number of nitrogens with zero attached hydrogens (tertiary/aromatic N) is 1. The summed E-state index contributed by atoms with van der Waals surface area (Å²) in [7, 11) is 0. The van der Waals surface area contributed by atoms with Crippen molar-refractivity contribution in [2.75, 3.05) is 39.4 Å². The molecule has 1 atom stereocenters. The molecule has 0 bridgehead atoms. The van der Waals surface area contributed by atoms with Crippen LogP contribution in [0.25, 0.3) is 0 Å². The van der Waals surface area contributed by atoms with Crippen LogP contribution in [0.1, 0.15) is 44.9 Å². The minimum absolute atomic E-state index is 0.0559. The molecule has 1 unspecified atom stereocenters. The lowest BCUT2D eigenvalue weighted by atomic mass is 9.71. The molecule has 0 aromatic carbocycles. The van der Waals surface area contributed by atoms with Crippen LogP contribution >= 0.6 is 0 Å². The first-order valence-corrected chi connectivity index (χ1v) is 9.89. The molecule has 5 N–H and O–H groups in total. The fourth-order valence-corrected chi connectivity index (χ4v) is 4.11. The van der Waals surface area contributed by atoms with Gasteiger partial charge in [0.1, 0.15) is 5.41 Å². The number of urea groups is 1. The Morgan fingerprint density at radius 1 is 0.926 bits per heavy atom. The first-order valence-electron chi connectivity index (χ1n) is 9.89. The van der Waals surface area contributed by atoms with Crippen LogP contribution in [0.5, 0.6) is 0 Å². The van der Waals surface area contributed by atoms with E-state index in [0.717, 1.165) is 38.6 Å². The van der Waals surface area contributed by atoms with Crippen LogP contribution in [0.2, 0.25) is 0 Å². The Kier molecular flexibility index (Phi) is 8.62. The molecular weight excluding hydrogens is 352 g/mol. The summed E-state index contributed by atoms with van der Waals surface area (Å²) in [6, 6.07) is -1.19. The van der Waals surface area contributed by atoms with E-state index < -0.39 is 29.3 Å². The van der Waals surface area contributed by atoms with Crippen LogP contribution in [0.4, 0.5) is 4.79 Å². The molecule has 4 amide bonds. The van der Waals surface area contributed by atoms with Gasteiger partial charge in [0.15, 0.2) is 0 Å². The fourth-order valence-electron chi connectivity index (χ4n) is 4.11. The predicted molar refractivity (Wildman–Crippen MR) is 98.8 cm³/mol. The zero-order valence-corrected chi connectivity index (χ0v) is 15.8. The van der Waals surface area contributed by atoms with Gasteiger partial charge in [0, 0.05) is 38.8 Å². The van der Waals surface area contributed by atoms with E-state index >= 15 is 0 Å². The quantitative estimate of drug-likeness (QED) is 0.236. The third-order valence-corrected chi connectivity index (χ3v) is 5.55. The Balaban J connectivity index is 2.10. The number of unbranched alkanes of at least 4 members (excludes halogenated alkanes) is 5. The van der Waals surface area contributed by atoms with Gasteiger partial charge in [-0.1, -0.05) is 32.1 Å². The summed E-state index contributed by atoms with van der Waals surface area (Å²) < 4.78 is 0. The number of aliphatic hydroxyl groups is 2. The highest BCUT2D eigenvalue weighted by atomic mass is 16.3. The molecule has 0 aromatic rings. The number of hydrogen-bond acceptors (Lipinski definition) is 7. The van der Waals surface area contributed by atoms with Gasteiger partial charge in [-0.2, -0.15) is 0 Å². The Bertz CT molecular complexity index is 506. The average Bonchev–Trinajstić information content (AvgIpc) is 2.64. The predicted octanol–water partition coefficient (Wildman–Crippen LogP) is -0.672. The highest BCUT2D eigenvalue weighted by Gasteiger charge is 2.56. The van der Waals surface area contributed by atoms with E-state index in [1.807, 2.05) is 4.90 Å². The average molecular weight is 384 g/mol. The third-order valence-electron chi connectivity index (χ3n) is 5.55. The number of barbiturate groups is 1. The van der Waals surface area contributed by atoms with Crippen molar-refractivity contribution >= 4 is 17.8 Å². The van der Waals surface area contributed by atoms with Gasteiger partial charge in [0.05, 0.1) is 6.61 Å². The van der Waals surface area contributed by atoms with E-state index in [1.165, 1.54) is 0 Å². The first kappa shape index (κ1) is 21.7. The molecule has 0 saturated carbocycles. The number of carbonyl (C=O) groups excluding carboxylic acids is 3. The molecule has 9 heteroatoms. The maximum Gasteiger partial charge on any atom is 0.328 e. The minimum atomic E-state index is -1.35. The summed E-state index contributed by atoms with van der Waals surface area (Å²) in [5.74, 6) is -1.10. The van der Waals surface area contributed by atoms with Crippen molar-refractivity contribution in [2.45, 2.75) is 51.0 Å². The Labute approximate surface area is 159 Å². The zero-order valence-electron chi connectivity index (χ0n) is 15.8. The highest BCUT2D eigenvalue weighted by Crippen LogP contribution is 2.36. The van der Waals surface area contributed by atoms with Crippen molar-refractivity contribution in [1.29, 1.82) is 0 Å². The molecule has 2 aliphatic heterocycles. The normalized spacial score (nSPS) is 23.2. The van der Waals surface area contributed by atoms with Crippen LogP contribution in [-0.2, 0) is 9.59 Å². The molecule has 154 valence electrons. The largest absolute Gasteiger partial charge is 0.396 e. The molecule has 0 radical (unpaired) electrons. The Morgan fingerprint density at radius 3 is 2.19 bits per heavy atom. The maximum absolute atomic E-state index is 12.9. The van der Waals surface area contributed by atoms with Crippen molar-refractivity contribution in [2.24, 2.45) is 5.41 Å². The summed E-state index contributed by atoms with van der Waals surface area (Å²) >= 11 is 0. The molecule has 27 heavy (non-hydrogen) atoms. The molecule has 0 aliphatic carbocycles. The third kappa shape index (κ3) is 5.25. The van der Waals surface area contributed by atoms with Crippen LogP contribution in [0.15, 0.2) is 0 Å². The number of piperazine rings is 1. The van der Waals surface area contributed by atoms with Gasteiger partial charge in [0.25, 0.3) is 0 Å². The topological polar surface area (TPSA) is 131 Å². The molecular formula is C18H32N4O5. The van der Waals surface area contributed by atoms with E-state index in [2.05, 4.69) is 16.0 Å². The van der Waals surface area contributed by atoms with Gasteiger partial charge in [-0.3, -0.25) is 25.1 Å². The van der Waals surface area contributed by atoms with Gasteiger partial charge < -0.3 is 15.5 Å². The molecule has 2 rings (SSSR count). The SMILES string of the molecule is O=C1NC(=O)C(CCCCCCCCO)(C2CNCCN2CCO)C(=O)N1. The van der Waals surface area contributed by atoms with Crippen molar-refractivity contribution in [3.63, 3.8) is 0 Å². The molecule has 0 spiro atoms. The van der Waals surface area contributed by atoms with Gasteiger partial charge in [-0.05, 0) is 12.8 Å². The lowest BCUT2D eigenvalue weighted by molar-refractivity contribution is -0.151. The number of amides is 4. The fraction of sp³-hybridized carbons (Fsp3) is 0.833. The first-order chi connectivity index (χ1) is 13.1. The standard InChI is InChI=1S/C18H32N4O5/c23-11-6-4-2-1-3-5-7-18(15(25)20-17(27)21-16(18)26)14-13-19-8-9-22(14)10-12-24/h14,19,23-24H,1-13H2,(H2,20,21,25,26,27). The van der Waals surface area contributed by atoms with Crippen molar-refractivity contribution in [3.05, 3.63) is 0 Å². The van der Waals surface area contributed by atoms with Gasteiger partial charge >= 0.3 is 6.03 Å². The molecule has 2 aliphatic rings. The molecule has 2 fully saturated rings. The van der Waals surface area contributed by atoms with Gasteiger partial charge in [0.2, 0.25) is 11.8 Å². The van der Waals surface area contributed by atoms with Gasteiger partial charge in [-0.25, -0.2) is 4.79 Å². The molecule has 2 heterocycles. The van der Waals surface area contributed by atoms with E-state index in [0.29, 0.717) is 32.5 Å². The van der Waals surface area contributed by atoms with Crippen LogP contribution in [0, 0.1) is 5.41 Å².